The van der Waals surface area contributed by atoms with Crippen molar-refractivity contribution < 1.29 is 18.7 Å². The SMILES string of the molecule is Cc1ccnc(N2C(=O)C3=C(C(=O)C4CC(Cl)CCC4O3)C2c2ccccc2F)c1. The van der Waals surface area contributed by atoms with Crippen LogP contribution in [0, 0.1) is 18.7 Å². The van der Waals surface area contributed by atoms with Crippen molar-refractivity contribution in [3.8, 4) is 0 Å². The number of ether oxygens (including phenoxy) is 1. The lowest BCUT2D eigenvalue weighted by atomic mass is 9.77. The summed E-state index contributed by atoms with van der Waals surface area (Å²) in [5.41, 5.74) is 1.35. The molecule has 1 amide bonds. The van der Waals surface area contributed by atoms with E-state index in [-0.39, 0.29) is 34.2 Å². The molecule has 3 aliphatic rings. The van der Waals surface area contributed by atoms with Crippen molar-refractivity contribution in [1.82, 2.24) is 4.98 Å². The van der Waals surface area contributed by atoms with E-state index in [0.717, 1.165) is 12.0 Å². The predicted octanol–water partition coefficient (Wildman–Crippen LogP) is 4.25. The van der Waals surface area contributed by atoms with Gasteiger partial charge < -0.3 is 4.74 Å². The molecule has 2 aliphatic heterocycles. The average molecular weight is 427 g/mol. The van der Waals surface area contributed by atoms with Gasteiger partial charge in [-0.2, -0.15) is 0 Å². The van der Waals surface area contributed by atoms with E-state index in [0.29, 0.717) is 18.7 Å². The highest BCUT2D eigenvalue weighted by molar-refractivity contribution is 6.21. The highest BCUT2D eigenvalue weighted by atomic mass is 35.5. The van der Waals surface area contributed by atoms with Crippen molar-refractivity contribution in [1.29, 1.82) is 0 Å². The second-order valence-electron chi connectivity index (χ2n) is 8.07. The number of benzene rings is 1. The highest BCUT2D eigenvalue weighted by Crippen LogP contribution is 2.48. The van der Waals surface area contributed by atoms with Crippen molar-refractivity contribution in [3.05, 3.63) is 70.9 Å². The molecule has 4 unspecified atom stereocenters. The maximum Gasteiger partial charge on any atom is 0.295 e. The molecule has 1 saturated carbocycles. The Morgan fingerprint density at radius 1 is 1.20 bits per heavy atom. The average Bonchev–Trinajstić information content (AvgIpc) is 3.01. The Morgan fingerprint density at radius 3 is 2.77 bits per heavy atom. The molecule has 1 aromatic heterocycles. The van der Waals surface area contributed by atoms with Crippen molar-refractivity contribution in [2.24, 2.45) is 5.92 Å². The number of fused-ring (bicyclic) bond motifs is 1. The number of amides is 1. The fraction of sp³-hybridized carbons (Fsp3) is 0.348. The number of carbonyl (C=O) groups excluding carboxylic acids is 2. The van der Waals surface area contributed by atoms with E-state index >= 15 is 0 Å². The van der Waals surface area contributed by atoms with E-state index in [4.69, 9.17) is 16.3 Å². The van der Waals surface area contributed by atoms with Crippen LogP contribution in [-0.2, 0) is 14.3 Å². The molecule has 5 nitrogen and oxygen atoms in total. The van der Waals surface area contributed by atoms with Gasteiger partial charge in [0.2, 0.25) is 0 Å². The summed E-state index contributed by atoms with van der Waals surface area (Å²) in [5.74, 6) is -1.18. The Morgan fingerprint density at radius 2 is 2.00 bits per heavy atom. The maximum absolute atomic E-state index is 14.9. The van der Waals surface area contributed by atoms with Gasteiger partial charge in [0.05, 0.1) is 17.5 Å². The number of alkyl halides is 1. The van der Waals surface area contributed by atoms with Crippen molar-refractivity contribution in [2.75, 3.05) is 4.90 Å². The van der Waals surface area contributed by atoms with Crippen LogP contribution < -0.4 is 4.90 Å². The predicted molar refractivity (Wildman–Crippen MR) is 109 cm³/mol. The van der Waals surface area contributed by atoms with Crippen LogP contribution in [0.1, 0.15) is 36.4 Å². The fourth-order valence-corrected chi connectivity index (χ4v) is 5.01. The second kappa shape index (κ2) is 7.20. The van der Waals surface area contributed by atoms with Gasteiger partial charge in [-0.15, -0.1) is 11.6 Å². The molecule has 7 heteroatoms. The minimum atomic E-state index is -0.924. The first-order valence-corrected chi connectivity index (χ1v) is 10.5. The van der Waals surface area contributed by atoms with Crippen molar-refractivity contribution in [2.45, 2.75) is 43.7 Å². The number of hydrogen-bond acceptors (Lipinski definition) is 4. The van der Waals surface area contributed by atoms with Gasteiger partial charge in [-0.05, 0) is 49.9 Å². The number of nitrogens with zero attached hydrogens (tertiary/aromatic N) is 2. The zero-order valence-corrected chi connectivity index (χ0v) is 17.1. The normalized spacial score (nSPS) is 28.3. The summed E-state index contributed by atoms with van der Waals surface area (Å²) in [6, 6.07) is 8.82. The number of halogens is 2. The van der Waals surface area contributed by atoms with E-state index in [1.54, 1.807) is 30.5 Å². The summed E-state index contributed by atoms with van der Waals surface area (Å²) in [5, 5.41) is -0.112. The van der Waals surface area contributed by atoms with Gasteiger partial charge in [0.15, 0.2) is 11.5 Å². The third-order valence-corrected chi connectivity index (χ3v) is 6.53. The van der Waals surface area contributed by atoms with Crippen LogP contribution >= 0.6 is 11.6 Å². The molecule has 2 aromatic rings. The van der Waals surface area contributed by atoms with E-state index in [1.165, 1.54) is 11.0 Å². The molecule has 1 aromatic carbocycles. The second-order valence-corrected chi connectivity index (χ2v) is 8.69. The molecule has 0 spiro atoms. The number of rotatable bonds is 2. The molecular formula is C23H20ClFN2O3. The van der Waals surface area contributed by atoms with Gasteiger partial charge >= 0.3 is 0 Å². The Labute approximate surface area is 178 Å². The Kier molecular flexibility index (Phi) is 4.62. The Bertz CT molecular complexity index is 1090. The summed E-state index contributed by atoms with van der Waals surface area (Å²) >= 11 is 6.32. The smallest absolute Gasteiger partial charge is 0.295 e. The number of aromatic nitrogens is 1. The van der Waals surface area contributed by atoms with E-state index in [2.05, 4.69) is 4.98 Å². The van der Waals surface area contributed by atoms with Gasteiger partial charge in [0.25, 0.3) is 5.91 Å². The fourth-order valence-electron chi connectivity index (χ4n) is 4.69. The molecule has 0 N–H and O–H groups in total. The summed E-state index contributed by atoms with van der Waals surface area (Å²) in [7, 11) is 0. The molecule has 5 rings (SSSR count). The van der Waals surface area contributed by atoms with E-state index < -0.39 is 23.7 Å². The molecule has 1 aliphatic carbocycles. The van der Waals surface area contributed by atoms with Crippen LogP contribution in [-0.4, -0.2) is 28.2 Å². The number of ketones is 1. The number of hydrogen-bond donors (Lipinski definition) is 0. The standard InChI is InChI=1S/C23H20ClFN2O3/c1-12-8-9-26-18(10-12)27-20(14-4-2-3-5-16(14)25)19-21(28)15-11-13(24)6-7-17(15)30-22(19)23(27)29/h2-5,8-10,13,15,17,20H,6-7,11H2,1H3. The van der Waals surface area contributed by atoms with Crippen molar-refractivity contribution in [3.63, 3.8) is 0 Å². The number of anilines is 1. The first-order chi connectivity index (χ1) is 14.5. The number of aryl methyl sites for hydroxylation is 1. The molecule has 0 bridgehead atoms. The number of carbonyl (C=O) groups is 2. The summed E-state index contributed by atoms with van der Waals surface area (Å²) in [4.78, 5) is 32.7. The van der Waals surface area contributed by atoms with E-state index in [1.807, 2.05) is 13.0 Å². The minimum absolute atomic E-state index is 0.0193. The van der Waals surface area contributed by atoms with Crippen LogP contribution in [0.5, 0.6) is 0 Å². The Balaban J connectivity index is 1.68. The van der Waals surface area contributed by atoms with Crippen molar-refractivity contribution >= 4 is 29.1 Å². The molecule has 154 valence electrons. The summed E-state index contributed by atoms with van der Waals surface area (Å²) in [6.45, 7) is 1.88. The first-order valence-electron chi connectivity index (χ1n) is 10.1. The summed E-state index contributed by atoms with van der Waals surface area (Å²) in [6.07, 6.45) is 3.05. The number of pyridine rings is 1. The van der Waals surface area contributed by atoms with Gasteiger partial charge in [-0.3, -0.25) is 14.5 Å². The molecule has 1 fully saturated rings. The zero-order chi connectivity index (χ0) is 21.0. The molecule has 30 heavy (non-hydrogen) atoms. The van der Waals surface area contributed by atoms with Crippen LogP contribution in [0.2, 0.25) is 0 Å². The van der Waals surface area contributed by atoms with Gasteiger partial charge in [-0.25, -0.2) is 9.37 Å². The maximum atomic E-state index is 14.9. The largest absolute Gasteiger partial charge is 0.483 e. The van der Waals surface area contributed by atoms with Gasteiger partial charge in [0, 0.05) is 17.1 Å². The van der Waals surface area contributed by atoms with Gasteiger partial charge in [0.1, 0.15) is 17.7 Å². The molecule has 3 heterocycles. The molecule has 0 radical (unpaired) electrons. The topological polar surface area (TPSA) is 59.5 Å². The van der Waals surface area contributed by atoms with Crippen LogP contribution in [0.25, 0.3) is 0 Å². The first kappa shape index (κ1) is 19.2. The van der Waals surface area contributed by atoms with Crippen LogP contribution in [0.15, 0.2) is 53.9 Å². The number of Topliss-reactive ketones (excluding diaryl/α,β-unsaturated/α-hetero) is 1. The van der Waals surface area contributed by atoms with Crippen LogP contribution in [0.4, 0.5) is 10.2 Å². The third-order valence-electron chi connectivity index (χ3n) is 6.13. The third kappa shape index (κ3) is 2.93. The molecular weight excluding hydrogens is 407 g/mol. The van der Waals surface area contributed by atoms with Crippen LogP contribution in [0.3, 0.4) is 0 Å². The lowest BCUT2D eigenvalue weighted by Gasteiger charge is -2.37. The Hall–Kier alpha value is -2.73. The highest BCUT2D eigenvalue weighted by Gasteiger charge is 2.53. The van der Waals surface area contributed by atoms with Gasteiger partial charge in [-0.1, -0.05) is 18.2 Å². The van der Waals surface area contributed by atoms with E-state index in [9.17, 15) is 14.0 Å². The molecule has 4 atom stereocenters. The summed E-state index contributed by atoms with van der Waals surface area (Å²) < 4.78 is 20.9. The molecule has 0 saturated heterocycles. The zero-order valence-electron chi connectivity index (χ0n) is 16.3. The lowest BCUT2D eigenvalue weighted by Crippen LogP contribution is -2.42. The quantitative estimate of drug-likeness (QED) is 0.674. The lowest BCUT2D eigenvalue weighted by molar-refractivity contribution is -0.131. The monoisotopic (exact) mass is 426 g/mol. The minimum Gasteiger partial charge on any atom is -0.483 e.